The summed E-state index contributed by atoms with van der Waals surface area (Å²) in [5.41, 5.74) is 12.5. The van der Waals surface area contributed by atoms with Crippen molar-refractivity contribution >= 4 is 17.2 Å². The minimum absolute atomic E-state index is 0.543. The summed E-state index contributed by atoms with van der Waals surface area (Å²) < 4.78 is 0. The normalized spacial score (nSPS) is 10.1. The Balaban J connectivity index is 2.88. The minimum atomic E-state index is 0.543. The van der Waals surface area contributed by atoms with Crippen LogP contribution in [0.25, 0.3) is 0 Å². The number of hydrogen-bond donors (Lipinski definition) is 2. The van der Waals surface area contributed by atoms with E-state index in [-0.39, 0.29) is 0 Å². The Bertz CT molecular complexity index is 298. The molecule has 4 N–H and O–H groups in total. The van der Waals surface area contributed by atoms with Gasteiger partial charge in [0.1, 0.15) is 5.82 Å². The molecule has 0 fully saturated rings. The van der Waals surface area contributed by atoms with E-state index in [1.807, 2.05) is 6.07 Å². The van der Waals surface area contributed by atoms with Crippen molar-refractivity contribution in [2.75, 3.05) is 29.5 Å². The molecule has 4 heteroatoms. The Morgan fingerprint density at radius 1 is 1.29 bits per heavy atom. The molecular formula is C10H18N4. The molecule has 1 heterocycles. The Labute approximate surface area is 84.9 Å². The second kappa shape index (κ2) is 4.69. The molecule has 0 saturated carbocycles. The molecule has 0 amide bonds. The first-order valence-corrected chi connectivity index (χ1v) is 4.95. The summed E-state index contributed by atoms with van der Waals surface area (Å²) >= 11 is 0. The van der Waals surface area contributed by atoms with Crippen LogP contribution in [0.15, 0.2) is 12.3 Å². The van der Waals surface area contributed by atoms with E-state index in [1.54, 1.807) is 6.20 Å². The number of nitrogens with zero attached hydrogens (tertiary/aromatic N) is 2. The van der Waals surface area contributed by atoms with E-state index >= 15 is 0 Å². The van der Waals surface area contributed by atoms with Gasteiger partial charge < -0.3 is 16.4 Å². The number of nitrogens with two attached hydrogens (primary N) is 2. The van der Waals surface area contributed by atoms with Gasteiger partial charge in [0.15, 0.2) is 0 Å². The number of rotatable bonds is 4. The lowest BCUT2D eigenvalue weighted by Gasteiger charge is -2.21. The van der Waals surface area contributed by atoms with Crippen LogP contribution in [0.1, 0.15) is 20.3 Å². The molecule has 78 valence electrons. The van der Waals surface area contributed by atoms with Crippen LogP contribution < -0.4 is 16.4 Å². The number of nitrogen functional groups attached to an aromatic ring is 2. The quantitative estimate of drug-likeness (QED) is 0.761. The first kappa shape index (κ1) is 10.6. The van der Waals surface area contributed by atoms with E-state index in [9.17, 15) is 0 Å². The molecule has 1 aromatic heterocycles. The third-order valence-corrected chi connectivity index (χ3v) is 2.15. The van der Waals surface area contributed by atoms with Gasteiger partial charge in [-0.2, -0.15) is 0 Å². The summed E-state index contributed by atoms with van der Waals surface area (Å²) in [5.74, 6) is 0.904. The monoisotopic (exact) mass is 194 g/mol. The van der Waals surface area contributed by atoms with Gasteiger partial charge in [-0.25, -0.2) is 4.98 Å². The van der Waals surface area contributed by atoms with Crippen molar-refractivity contribution in [3.8, 4) is 0 Å². The summed E-state index contributed by atoms with van der Waals surface area (Å²) in [6.07, 6.45) is 2.71. The van der Waals surface area contributed by atoms with Gasteiger partial charge in [-0.3, -0.25) is 0 Å². The van der Waals surface area contributed by atoms with Crippen molar-refractivity contribution in [3.05, 3.63) is 12.3 Å². The lowest BCUT2D eigenvalue weighted by atomic mass is 10.3. The van der Waals surface area contributed by atoms with Crippen molar-refractivity contribution in [1.29, 1.82) is 0 Å². The molecule has 0 unspecified atom stereocenters. The zero-order chi connectivity index (χ0) is 10.6. The molecule has 14 heavy (non-hydrogen) atoms. The van der Waals surface area contributed by atoms with Gasteiger partial charge in [0.2, 0.25) is 0 Å². The molecule has 1 rings (SSSR count). The largest absolute Gasteiger partial charge is 0.397 e. The molecule has 0 aliphatic heterocycles. The van der Waals surface area contributed by atoms with Gasteiger partial charge in [-0.05, 0) is 13.3 Å². The van der Waals surface area contributed by atoms with Crippen LogP contribution in [-0.2, 0) is 0 Å². The Morgan fingerprint density at radius 3 is 2.50 bits per heavy atom. The zero-order valence-electron chi connectivity index (χ0n) is 8.83. The molecule has 1 aromatic rings. The molecular weight excluding hydrogens is 176 g/mol. The van der Waals surface area contributed by atoms with E-state index < -0.39 is 0 Å². The summed E-state index contributed by atoms with van der Waals surface area (Å²) in [4.78, 5) is 6.43. The molecule has 0 atom stereocenters. The zero-order valence-corrected chi connectivity index (χ0v) is 8.83. The van der Waals surface area contributed by atoms with Gasteiger partial charge in [0.05, 0.1) is 17.6 Å². The maximum atomic E-state index is 5.72. The summed E-state index contributed by atoms with van der Waals surface area (Å²) in [7, 11) is 0. The topological polar surface area (TPSA) is 68.2 Å². The molecule has 0 bridgehead atoms. The van der Waals surface area contributed by atoms with Gasteiger partial charge in [-0.15, -0.1) is 0 Å². The number of pyridine rings is 1. The molecule has 0 aromatic carbocycles. The molecule has 0 radical (unpaired) electrons. The minimum Gasteiger partial charge on any atom is -0.397 e. The SMILES string of the molecule is CCCN(CC)c1cc(N)c(N)cn1. The number of hydrogen-bond acceptors (Lipinski definition) is 4. The van der Waals surface area contributed by atoms with Crippen LogP contribution in [0.5, 0.6) is 0 Å². The van der Waals surface area contributed by atoms with Crippen LogP contribution in [0, 0.1) is 0 Å². The van der Waals surface area contributed by atoms with Gasteiger partial charge in [0, 0.05) is 19.2 Å². The molecule has 4 nitrogen and oxygen atoms in total. The predicted octanol–water partition coefficient (Wildman–Crippen LogP) is 1.48. The molecule has 0 aliphatic rings. The molecule has 0 aliphatic carbocycles. The van der Waals surface area contributed by atoms with Crippen molar-refractivity contribution in [1.82, 2.24) is 4.98 Å². The fraction of sp³-hybridized carbons (Fsp3) is 0.500. The van der Waals surface area contributed by atoms with Crippen molar-refractivity contribution in [2.45, 2.75) is 20.3 Å². The van der Waals surface area contributed by atoms with Crippen molar-refractivity contribution < 1.29 is 0 Å². The third kappa shape index (κ3) is 2.28. The lowest BCUT2D eigenvalue weighted by Crippen LogP contribution is -2.24. The van der Waals surface area contributed by atoms with E-state index in [4.69, 9.17) is 11.5 Å². The lowest BCUT2D eigenvalue weighted by molar-refractivity contribution is 0.779. The van der Waals surface area contributed by atoms with Crippen LogP contribution in [-0.4, -0.2) is 18.1 Å². The highest BCUT2D eigenvalue weighted by Gasteiger charge is 2.05. The van der Waals surface area contributed by atoms with Crippen LogP contribution in [0.3, 0.4) is 0 Å². The summed E-state index contributed by atoms with van der Waals surface area (Å²) in [6, 6.07) is 1.83. The van der Waals surface area contributed by atoms with Gasteiger partial charge >= 0.3 is 0 Å². The average molecular weight is 194 g/mol. The van der Waals surface area contributed by atoms with Gasteiger partial charge in [-0.1, -0.05) is 6.92 Å². The third-order valence-electron chi connectivity index (χ3n) is 2.15. The van der Waals surface area contributed by atoms with Gasteiger partial charge in [0.25, 0.3) is 0 Å². The average Bonchev–Trinajstić information content (AvgIpc) is 2.19. The highest BCUT2D eigenvalue weighted by Crippen LogP contribution is 2.19. The van der Waals surface area contributed by atoms with E-state index in [0.29, 0.717) is 11.4 Å². The maximum absolute atomic E-state index is 5.72. The first-order chi connectivity index (χ1) is 6.69. The molecule has 0 saturated heterocycles. The first-order valence-electron chi connectivity index (χ1n) is 4.95. The Morgan fingerprint density at radius 2 is 2.00 bits per heavy atom. The van der Waals surface area contributed by atoms with Crippen LogP contribution in [0.2, 0.25) is 0 Å². The fourth-order valence-corrected chi connectivity index (χ4v) is 1.35. The van der Waals surface area contributed by atoms with E-state index in [2.05, 4.69) is 23.7 Å². The fourth-order valence-electron chi connectivity index (χ4n) is 1.35. The van der Waals surface area contributed by atoms with E-state index in [1.165, 1.54) is 0 Å². The number of aromatic nitrogens is 1. The molecule has 0 spiro atoms. The van der Waals surface area contributed by atoms with E-state index in [0.717, 1.165) is 25.3 Å². The Hall–Kier alpha value is -1.45. The maximum Gasteiger partial charge on any atom is 0.130 e. The summed E-state index contributed by atoms with van der Waals surface area (Å²) in [6.45, 7) is 6.17. The smallest absolute Gasteiger partial charge is 0.130 e. The Kier molecular flexibility index (Phi) is 3.56. The second-order valence-electron chi connectivity index (χ2n) is 3.25. The van der Waals surface area contributed by atoms with Crippen molar-refractivity contribution in [3.63, 3.8) is 0 Å². The van der Waals surface area contributed by atoms with Crippen molar-refractivity contribution in [2.24, 2.45) is 0 Å². The second-order valence-corrected chi connectivity index (χ2v) is 3.25. The van der Waals surface area contributed by atoms with Crippen LogP contribution >= 0.6 is 0 Å². The number of anilines is 3. The van der Waals surface area contributed by atoms with Crippen LogP contribution in [0.4, 0.5) is 17.2 Å². The standard InChI is InChI=1S/C10H18N4/c1-3-5-14(4-2)10-6-8(11)9(12)7-13-10/h6-7H,3-5,12H2,1-2H3,(H2,11,13). The summed E-state index contributed by atoms with van der Waals surface area (Å²) in [5, 5.41) is 0. The predicted molar refractivity (Wildman–Crippen MR) is 61.2 cm³/mol. The highest BCUT2D eigenvalue weighted by atomic mass is 15.2. The highest BCUT2D eigenvalue weighted by molar-refractivity contribution is 5.66.